The standard InChI is InChI=1S/C13H12BrNO2S/c1-8-2-3-12(16)11(4-8)13(17)15-6-10-5-9(14)7-18-10/h2-5,7,16H,6H2,1H3,(H,15,17). The number of amides is 1. The zero-order valence-corrected chi connectivity index (χ0v) is 12.1. The Labute approximate surface area is 118 Å². The van der Waals surface area contributed by atoms with Crippen LogP contribution >= 0.6 is 27.3 Å². The van der Waals surface area contributed by atoms with E-state index in [1.807, 2.05) is 18.4 Å². The summed E-state index contributed by atoms with van der Waals surface area (Å²) in [7, 11) is 0. The van der Waals surface area contributed by atoms with Crippen molar-refractivity contribution in [3.8, 4) is 5.75 Å². The Hall–Kier alpha value is -1.33. The van der Waals surface area contributed by atoms with Crippen LogP contribution in [0.25, 0.3) is 0 Å². The number of aromatic hydroxyl groups is 1. The third kappa shape index (κ3) is 3.11. The number of nitrogens with one attached hydrogen (secondary N) is 1. The van der Waals surface area contributed by atoms with Crippen molar-refractivity contribution >= 4 is 33.2 Å². The summed E-state index contributed by atoms with van der Waals surface area (Å²) in [4.78, 5) is 13.0. The average molecular weight is 326 g/mol. The molecule has 1 aromatic heterocycles. The predicted octanol–water partition coefficient (Wildman–Crippen LogP) is 3.45. The molecule has 0 spiro atoms. The fourth-order valence-electron chi connectivity index (χ4n) is 1.54. The molecule has 0 unspecified atom stereocenters. The minimum atomic E-state index is -0.263. The Balaban J connectivity index is 2.05. The largest absolute Gasteiger partial charge is 0.507 e. The first-order valence-corrected chi connectivity index (χ1v) is 7.04. The van der Waals surface area contributed by atoms with Crippen molar-refractivity contribution in [1.82, 2.24) is 5.32 Å². The molecule has 1 heterocycles. The summed E-state index contributed by atoms with van der Waals surface area (Å²) >= 11 is 4.93. The molecule has 3 nitrogen and oxygen atoms in total. The fourth-order valence-corrected chi connectivity index (χ4v) is 2.93. The van der Waals surface area contributed by atoms with Crippen LogP contribution in [0.4, 0.5) is 0 Å². The SMILES string of the molecule is Cc1ccc(O)c(C(=O)NCc2cc(Br)cs2)c1. The Morgan fingerprint density at radius 3 is 2.89 bits per heavy atom. The fraction of sp³-hybridized carbons (Fsp3) is 0.154. The van der Waals surface area contributed by atoms with E-state index in [0.717, 1.165) is 14.9 Å². The molecule has 0 fully saturated rings. The normalized spacial score (nSPS) is 10.3. The number of hydrogen-bond acceptors (Lipinski definition) is 3. The van der Waals surface area contributed by atoms with E-state index in [0.29, 0.717) is 12.1 Å². The number of carbonyl (C=O) groups is 1. The van der Waals surface area contributed by atoms with Gasteiger partial charge in [0.1, 0.15) is 5.75 Å². The second kappa shape index (κ2) is 5.54. The molecule has 2 rings (SSSR count). The molecule has 1 aromatic carbocycles. The molecule has 94 valence electrons. The maximum absolute atomic E-state index is 11.9. The minimum Gasteiger partial charge on any atom is -0.507 e. The summed E-state index contributed by atoms with van der Waals surface area (Å²) in [6.07, 6.45) is 0. The van der Waals surface area contributed by atoms with Crippen LogP contribution in [0.3, 0.4) is 0 Å². The van der Waals surface area contributed by atoms with Crippen molar-refractivity contribution in [3.63, 3.8) is 0 Å². The monoisotopic (exact) mass is 325 g/mol. The molecule has 0 bridgehead atoms. The van der Waals surface area contributed by atoms with Crippen LogP contribution in [-0.4, -0.2) is 11.0 Å². The van der Waals surface area contributed by atoms with Gasteiger partial charge in [0, 0.05) is 14.7 Å². The summed E-state index contributed by atoms with van der Waals surface area (Å²) in [5, 5.41) is 14.4. The van der Waals surface area contributed by atoms with Crippen molar-refractivity contribution in [2.45, 2.75) is 13.5 Å². The molecule has 2 aromatic rings. The van der Waals surface area contributed by atoms with Gasteiger partial charge in [0.15, 0.2) is 0 Å². The van der Waals surface area contributed by atoms with Gasteiger partial charge in [0.2, 0.25) is 0 Å². The number of benzene rings is 1. The number of carbonyl (C=O) groups excluding carboxylic acids is 1. The molecule has 0 radical (unpaired) electrons. The Bertz CT molecular complexity index is 580. The van der Waals surface area contributed by atoms with Crippen LogP contribution in [0.5, 0.6) is 5.75 Å². The van der Waals surface area contributed by atoms with E-state index in [9.17, 15) is 9.90 Å². The molecule has 2 N–H and O–H groups in total. The van der Waals surface area contributed by atoms with Gasteiger partial charge in [-0.15, -0.1) is 11.3 Å². The maximum Gasteiger partial charge on any atom is 0.255 e. The lowest BCUT2D eigenvalue weighted by Gasteiger charge is -2.06. The van der Waals surface area contributed by atoms with Gasteiger partial charge in [-0.1, -0.05) is 11.6 Å². The van der Waals surface area contributed by atoms with Gasteiger partial charge in [-0.25, -0.2) is 0 Å². The van der Waals surface area contributed by atoms with E-state index in [4.69, 9.17) is 0 Å². The first-order chi connectivity index (χ1) is 8.56. The Kier molecular flexibility index (Phi) is 4.04. The first kappa shape index (κ1) is 13.1. The summed E-state index contributed by atoms with van der Waals surface area (Å²) in [5.74, 6) is -0.258. The van der Waals surface area contributed by atoms with E-state index < -0.39 is 0 Å². The van der Waals surface area contributed by atoms with E-state index in [1.54, 1.807) is 23.5 Å². The summed E-state index contributed by atoms with van der Waals surface area (Å²) in [5.41, 5.74) is 1.25. The Morgan fingerprint density at radius 1 is 1.44 bits per heavy atom. The third-order valence-electron chi connectivity index (χ3n) is 2.44. The lowest BCUT2D eigenvalue weighted by Crippen LogP contribution is -2.22. The maximum atomic E-state index is 11.9. The van der Waals surface area contributed by atoms with Crippen molar-refractivity contribution in [1.29, 1.82) is 0 Å². The van der Waals surface area contributed by atoms with Gasteiger partial charge in [-0.3, -0.25) is 4.79 Å². The highest BCUT2D eigenvalue weighted by Gasteiger charge is 2.11. The van der Waals surface area contributed by atoms with E-state index in [-0.39, 0.29) is 11.7 Å². The van der Waals surface area contributed by atoms with Crippen LogP contribution in [-0.2, 0) is 6.54 Å². The number of hydrogen-bond donors (Lipinski definition) is 2. The number of phenols is 1. The van der Waals surface area contributed by atoms with E-state index in [1.165, 1.54) is 6.07 Å². The lowest BCUT2D eigenvalue weighted by molar-refractivity contribution is 0.0948. The molecule has 0 saturated carbocycles. The van der Waals surface area contributed by atoms with Crippen molar-refractivity contribution in [2.24, 2.45) is 0 Å². The van der Waals surface area contributed by atoms with Crippen LogP contribution in [0.15, 0.2) is 34.1 Å². The smallest absolute Gasteiger partial charge is 0.255 e. The van der Waals surface area contributed by atoms with Gasteiger partial charge in [0.25, 0.3) is 5.91 Å². The molecular formula is C13H12BrNO2S. The third-order valence-corrected chi connectivity index (χ3v) is 4.14. The van der Waals surface area contributed by atoms with E-state index >= 15 is 0 Å². The zero-order chi connectivity index (χ0) is 13.1. The zero-order valence-electron chi connectivity index (χ0n) is 9.74. The average Bonchev–Trinajstić information content (AvgIpc) is 2.75. The predicted molar refractivity (Wildman–Crippen MR) is 76.0 cm³/mol. The second-order valence-corrected chi connectivity index (χ2v) is 5.85. The van der Waals surface area contributed by atoms with Gasteiger partial charge in [-0.2, -0.15) is 0 Å². The molecule has 0 aliphatic heterocycles. The van der Waals surface area contributed by atoms with Crippen LogP contribution in [0.1, 0.15) is 20.8 Å². The molecule has 0 aliphatic rings. The minimum absolute atomic E-state index is 0.00506. The van der Waals surface area contributed by atoms with Gasteiger partial charge >= 0.3 is 0 Å². The Morgan fingerprint density at radius 2 is 2.22 bits per heavy atom. The lowest BCUT2D eigenvalue weighted by atomic mass is 10.1. The van der Waals surface area contributed by atoms with Crippen molar-refractivity contribution in [3.05, 3.63) is 50.1 Å². The summed E-state index contributed by atoms with van der Waals surface area (Å²) < 4.78 is 1.01. The van der Waals surface area contributed by atoms with Gasteiger partial charge in [-0.05, 0) is 41.1 Å². The highest BCUT2D eigenvalue weighted by molar-refractivity contribution is 9.10. The van der Waals surface area contributed by atoms with Gasteiger partial charge in [0.05, 0.1) is 12.1 Å². The number of aryl methyl sites for hydroxylation is 1. The molecule has 0 aliphatic carbocycles. The number of phenolic OH excluding ortho intramolecular Hbond substituents is 1. The number of thiophene rings is 1. The number of halogens is 1. The molecule has 0 atom stereocenters. The summed E-state index contributed by atoms with van der Waals surface area (Å²) in [6, 6.07) is 6.94. The topological polar surface area (TPSA) is 49.3 Å². The highest BCUT2D eigenvalue weighted by atomic mass is 79.9. The molecule has 0 saturated heterocycles. The first-order valence-electron chi connectivity index (χ1n) is 5.37. The highest BCUT2D eigenvalue weighted by Crippen LogP contribution is 2.21. The molecule has 18 heavy (non-hydrogen) atoms. The van der Waals surface area contributed by atoms with Crippen molar-refractivity contribution in [2.75, 3.05) is 0 Å². The van der Waals surface area contributed by atoms with Gasteiger partial charge < -0.3 is 10.4 Å². The molecular weight excluding hydrogens is 314 g/mol. The summed E-state index contributed by atoms with van der Waals surface area (Å²) in [6.45, 7) is 2.34. The molecule has 5 heteroatoms. The van der Waals surface area contributed by atoms with Crippen LogP contribution in [0.2, 0.25) is 0 Å². The van der Waals surface area contributed by atoms with Crippen molar-refractivity contribution < 1.29 is 9.90 Å². The quantitative estimate of drug-likeness (QED) is 0.908. The van der Waals surface area contributed by atoms with Crippen LogP contribution in [0, 0.1) is 6.92 Å². The van der Waals surface area contributed by atoms with E-state index in [2.05, 4.69) is 21.2 Å². The second-order valence-electron chi connectivity index (χ2n) is 3.93. The van der Waals surface area contributed by atoms with Crippen LogP contribution < -0.4 is 5.32 Å². The number of rotatable bonds is 3. The molecule has 1 amide bonds.